The van der Waals surface area contributed by atoms with E-state index in [2.05, 4.69) is 10.3 Å². The van der Waals surface area contributed by atoms with Crippen LogP contribution in [0.3, 0.4) is 0 Å². The number of aryl methyl sites for hydroxylation is 1. The lowest BCUT2D eigenvalue weighted by Gasteiger charge is -2.05. The number of aromatic nitrogens is 1. The van der Waals surface area contributed by atoms with Gasteiger partial charge in [0.15, 0.2) is 0 Å². The first-order valence-electron chi connectivity index (χ1n) is 6.05. The second-order valence-electron chi connectivity index (χ2n) is 4.26. The summed E-state index contributed by atoms with van der Waals surface area (Å²) in [4.78, 5) is 17.2. The molecule has 0 saturated carbocycles. The van der Waals surface area contributed by atoms with Crippen LogP contribution in [0.5, 0.6) is 0 Å². The Balaban J connectivity index is 1.76. The predicted molar refractivity (Wildman–Crippen MR) is 78.7 cm³/mol. The van der Waals surface area contributed by atoms with E-state index in [1.54, 1.807) is 23.5 Å². The number of nitrogens with one attached hydrogen (secondary N) is 1. The predicted octanol–water partition coefficient (Wildman–Crippen LogP) is 3.01. The van der Waals surface area contributed by atoms with Crippen molar-refractivity contribution in [2.45, 2.75) is 19.8 Å². The first-order valence-corrected chi connectivity index (χ1v) is 7.31. The number of hydrogen-bond donors (Lipinski definition) is 1. The molecule has 2 rings (SSSR count). The highest BCUT2D eigenvalue weighted by Crippen LogP contribution is 2.12. The van der Waals surface area contributed by atoms with E-state index < -0.39 is 0 Å². The molecule has 0 aliphatic heterocycles. The fourth-order valence-corrected chi connectivity index (χ4v) is 2.64. The molecule has 1 heterocycles. The summed E-state index contributed by atoms with van der Waals surface area (Å²) in [5.41, 5.74) is 3.85. The topological polar surface area (TPSA) is 42.0 Å². The van der Waals surface area contributed by atoms with Crippen molar-refractivity contribution in [3.8, 4) is 0 Å². The largest absolute Gasteiger partial charge is 0.355 e. The van der Waals surface area contributed by atoms with Gasteiger partial charge in [-0.25, -0.2) is 4.98 Å². The van der Waals surface area contributed by atoms with Crippen LogP contribution in [0.4, 0.5) is 0 Å². The van der Waals surface area contributed by atoms with Gasteiger partial charge in [0.2, 0.25) is 5.91 Å². The Morgan fingerprint density at radius 3 is 2.74 bits per heavy atom. The molecule has 1 aromatic heterocycles. The maximum Gasteiger partial charge on any atom is 0.224 e. The van der Waals surface area contributed by atoms with Crippen molar-refractivity contribution >= 4 is 28.8 Å². The molecule has 1 N–H and O–H groups in total. The van der Waals surface area contributed by atoms with Gasteiger partial charge in [0.1, 0.15) is 0 Å². The third-order valence-electron chi connectivity index (χ3n) is 2.80. The van der Waals surface area contributed by atoms with Gasteiger partial charge in [0.05, 0.1) is 17.6 Å². The van der Waals surface area contributed by atoms with Crippen LogP contribution >= 0.6 is 22.9 Å². The molecule has 100 valence electrons. The Bertz CT molecular complexity index is 551. The molecule has 5 heteroatoms. The quantitative estimate of drug-likeness (QED) is 0.921. The van der Waals surface area contributed by atoms with Crippen molar-refractivity contribution in [3.05, 3.63) is 50.9 Å². The minimum atomic E-state index is 0.0319. The molecule has 3 nitrogen and oxygen atoms in total. The summed E-state index contributed by atoms with van der Waals surface area (Å²) in [6.45, 7) is 2.64. The van der Waals surface area contributed by atoms with E-state index >= 15 is 0 Å². The van der Waals surface area contributed by atoms with Gasteiger partial charge in [-0.3, -0.25) is 4.79 Å². The average molecular weight is 295 g/mol. The normalized spacial score (nSPS) is 10.4. The molecule has 0 aliphatic rings. The zero-order valence-electron chi connectivity index (χ0n) is 10.6. The van der Waals surface area contributed by atoms with Crippen LogP contribution in [0.25, 0.3) is 0 Å². The Kier molecular flexibility index (Phi) is 4.93. The number of benzene rings is 1. The zero-order valence-corrected chi connectivity index (χ0v) is 12.2. The van der Waals surface area contributed by atoms with Crippen molar-refractivity contribution in [2.24, 2.45) is 0 Å². The van der Waals surface area contributed by atoms with Gasteiger partial charge in [-0.2, -0.15) is 0 Å². The van der Waals surface area contributed by atoms with Crippen molar-refractivity contribution in [1.82, 2.24) is 10.3 Å². The molecule has 0 radical (unpaired) electrons. The van der Waals surface area contributed by atoms with Gasteiger partial charge in [-0.1, -0.05) is 23.7 Å². The molecule has 0 bridgehead atoms. The molecule has 0 unspecified atom stereocenters. The number of rotatable bonds is 5. The Morgan fingerprint density at radius 2 is 2.11 bits per heavy atom. The number of nitrogens with zero attached hydrogens (tertiary/aromatic N) is 1. The summed E-state index contributed by atoms with van der Waals surface area (Å²) in [6, 6.07) is 7.33. The highest BCUT2D eigenvalue weighted by molar-refractivity contribution is 7.09. The number of carbonyl (C=O) groups is 1. The Labute approximate surface area is 121 Å². The highest BCUT2D eigenvalue weighted by atomic mass is 35.5. The highest BCUT2D eigenvalue weighted by Gasteiger charge is 2.05. The van der Waals surface area contributed by atoms with Crippen molar-refractivity contribution < 1.29 is 4.79 Å². The maximum absolute atomic E-state index is 11.8. The molecule has 19 heavy (non-hydrogen) atoms. The summed E-state index contributed by atoms with van der Waals surface area (Å²) in [5.74, 6) is 0.0319. The number of hydrogen-bond acceptors (Lipinski definition) is 3. The monoisotopic (exact) mass is 294 g/mol. The smallest absolute Gasteiger partial charge is 0.224 e. The molecule has 0 spiro atoms. The molecule has 0 fully saturated rings. The number of halogens is 1. The van der Waals surface area contributed by atoms with Gasteiger partial charge in [0, 0.05) is 22.9 Å². The fourth-order valence-electron chi connectivity index (χ4n) is 1.73. The van der Waals surface area contributed by atoms with E-state index in [1.807, 2.05) is 24.6 Å². The summed E-state index contributed by atoms with van der Waals surface area (Å²) in [7, 11) is 0. The van der Waals surface area contributed by atoms with E-state index in [4.69, 9.17) is 11.6 Å². The molecule has 1 aromatic carbocycles. The van der Waals surface area contributed by atoms with Crippen molar-refractivity contribution in [3.63, 3.8) is 0 Å². The van der Waals surface area contributed by atoms with Gasteiger partial charge >= 0.3 is 0 Å². The lowest BCUT2D eigenvalue weighted by atomic mass is 10.1. The van der Waals surface area contributed by atoms with Crippen molar-refractivity contribution in [2.75, 3.05) is 6.54 Å². The minimum absolute atomic E-state index is 0.0319. The van der Waals surface area contributed by atoms with E-state index in [9.17, 15) is 4.79 Å². The van der Waals surface area contributed by atoms with Gasteiger partial charge in [-0.05, 0) is 24.6 Å². The van der Waals surface area contributed by atoms with Crippen LogP contribution in [0, 0.1) is 6.92 Å². The molecule has 0 saturated heterocycles. The summed E-state index contributed by atoms with van der Waals surface area (Å²) in [5, 5.41) is 3.60. The van der Waals surface area contributed by atoms with E-state index in [-0.39, 0.29) is 5.91 Å². The molecular weight excluding hydrogens is 280 g/mol. The molecule has 2 aromatic rings. The third kappa shape index (κ3) is 4.33. The standard InChI is InChI=1S/C14H15ClN2OS/c1-10-13(19-9-17-10)6-7-16-14(18)8-11-2-4-12(15)5-3-11/h2-5,9H,6-8H2,1H3,(H,16,18). The molecule has 0 atom stereocenters. The first kappa shape index (κ1) is 14.0. The third-order valence-corrected chi connectivity index (χ3v) is 4.04. The lowest BCUT2D eigenvalue weighted by molar-refractivity contribution is -0.120. The summed E-state index contributed by atoms with van der Waals surface area (Å²) >= 11 is 7.43. The average Bonchev–Trinajstić information content (AvgIpc) is 2.78. The lowest BCUT2D eigenvalue weighted by Crippen LogP contribution is -2.27. The van der Waals surface area contributed by atoms with Crippen LogP contribution < -0.4 is 5.32 Å². The molecular formula is C14H15ClN2OS. The second kappa shape index (κ2) is 6.68. The van der Waals surface area contributed by atoms with E-state index in [0.717, 1.165) is 17.7 Å². The van der Waals surface area contributed by atoms with Crippen molar-refractivity contribution in [1.29, 1.82) is 0 Å². The van der Waals surface area contributed by atoms with Crippen LogP contribution in [0.15, 0.2) is 29.8 Å². The molecule has 0 aliphatic carbocycles. The number of carbonyl (C=O) groups excluding carboxylic acids is 1. The number of thiazole rings is 1. The van der Waals surface area contributed by atoms with Crippen LogP contribution in [0.2, 0.25) is 5.02 Å². The first-order chi connectivity index (χ1) is 9.15. The van der Waals surface area contributed by atoms with Crippen LogP contribution in [0.1, 0.15) is 16.1 Å². The Hall–Kier alpha value is -1.39. The Morgan fingerprint density at radius 1 is 1.37 bits per heavy atom. The van der Waals surface area contributed by atoms with Gasteiger partial charge in [0.25, 0.3) is 0 Å². The van der Waals surface area contributed by atoms with Crippen LogP contribution in [-0.4, -0.2) is 17.4 Å². The van der Waals surface area contributed by atoms with Gasteiger partial charge in [-0.15, -0.1) is 11.3 Å². The SMILES string of the molecule is Cc1ncsc1CCNC(=O)Cc1ccc(Cl)cc1. The van der Waals surface area contributed by atoms with Crippen LogP contribution in [-0.2, 0) is 17.6 Å². The van der Waals surface area contributed by atoms with E-state index in [0.29, 0.717) is 18.0 Å². The zero-order chi connectivity index (χ0) is 13.7. The summed E-state index contributed by atoms with van der Waals surface area (Å²) in [6.07, 6.45) is 1.22. The van der Waals surface area contributed by atoms with Gasteiger partial charge < -0.3 is 5.32 Å². The minimum Gasteiger partial charge on any atom is -0.355 e. The van der Waals surface area contributed by atoms with E-state index in [1.165, 1.54) is 4.88 Å². The summed E-state index contributed by atoms with van der Waals surface area (Å²) < 4.78 is 0. The molecule has 1 amide bonds. The second-order valence-corrected chi connectivity index (χ2v) is 5.64. The fraction of sp³-hybridized carbons (Fsp3) is 0.286. The number of amides is 1. The maximum atomic E-state index is 11.8.